The maximum atomic E-state index is 8.70. The minimum absolute atomic E-state index is 0.241. The minimum atomic E-state index is 0.241. The first-order chi connectivity index (χ1) is 10.2. The van der Waals surface area contributed by atoms with Gasteiger partial charge in [-0.25, -0.2) is 0 Å². The molecule has 0 atom stereocenters. The van der Waals surface area contributed by atoms with Crippen molar-refractivity contribution in [2.45, 2.75) is 32.2 Å². The molecule has 0 radical (unpaired) electrons. The van der Waals surface area contributed by atoms with Crippen molar-refractivity contribution in [1.29, 1.82) is 0 Å². The molecule has 0 spiro atoms. The molecule has 0 saturated heterocycles. The fraction of sp³-hybridized carbons (Fsp3) is 0.400. The van der Waals surface area contributed by atoms with E-state index in [1.54, 1.807) is 0 Å². The average Bonchev–Trinajstić information content (AvgIpc) is 3.34. The van der Waals surface area contributed by atoms with E-state index in [0.29, 0.717) is 19.0 Å². The predicted molar refractivity (Wildman–Crippen MR) is 82.7 cm³/mol. The third-order valence-corrected chi connectivity index (χ3v) is 3.85. The summed E-state index contributed by atoms with van der Waals surface area (Å²) >= 11 is 0. The van der Waals surface area contributed by atoms with E-state index in [2.05, 4.69) is 32.4 Å². The van der Waals surface area contributed by atoms with Crippen molar-refractivity contribution < 1.29 is 5.21 Å². The summed E-state index contributed by atoms with van der Waals surface area (Å²) in [4.78, 5) is 2.23. The lowest BCUT2D eigenvalue weighted by molar-refractivity contribution is 0.317. The summed E-state index contributed by atoms with van der Waals surface area (Å²) in [5.74, 6) is 1.13. The van der Waals surface area contributed by atoms with Crippen LogP contribution in [0, 0.1) is 6.92 Å². The molecule has 1 saturated carbocycles. The predicted octanol–water partition coefficient (Wildman–Crippen LogP) is 2.04. The molecule has 1 aromatic heterocycles. The molecule has 6 heteroatoms. The van der Waals surface area contributed by atoms with Gasteiger partial charge in [0.2, 0.25) is 0 Å². The molecule has 1 aromatic carbocycles. The number of oxime groups is 1. The van der Waals surface area contributed by atoms with Crippen molar-refractivity contribution in [1.82, 2.24) is 10.2 Å². The number of rotatable bonds is 5. The molecule has 1 aliphatic rings. The molecule has 3 rings (SSSR count). The van der Waals surface area contributed by atoms with E-state index < -0.39 is 0 Å². The van der Waals surface area contributed by atoms with Crippen LogP contribution < -0.4 is 10.6 Å². The van der Waals surface area contributed by atoms with Crippen LogP contribution in [0.3, 0.4) is 0 Å². The van der Waals surface area contributed by atoms with E-state index in [9.17, 15) is 0 Å². The highest BCUT2D eigenvalue weighted by Crippen LogP contribution is 2.34. The molecule has 0 unspecified atom stereocenters. The van der Waals surface area contributed by atoms with E-state index in [-0.39, 0.29) is 5.84 Å². The van der Waals surface area contributed by atoms with E-state index in [1.807, 2.05) is 19.1 Å². The van der Waals surface area contributed by atoms with Crippen LogP contribution in [-0.2, 0) is 0 Å². The summed E-state index contributed by atoms with van der Waals surface area (Å²) in [5.41, 5.74) is 6.53. The van der Waals surface area contributed by atoms with E-state index >= 15 is 0 Å². The Kier molecular flexibility index (Phi) is 3.60. The van der Waals surface area contributed by atoms with Crippen LogP contribution in [0.2, 0.25) is 0 Å². The lowest BCUT2D eigenvalue weighted by Crippen LogP contribution is -2.31. The second-order valence-corrected chi connectivity index (χ2v) is 5.42. The fourth-order valence-corrected chi connectivity index (χ4v) is 2.57. The molecular weight excluding hydrogens is 266 g/mol. The van der Waals surface area contributed by atoms with Crippen molar-refractivity contribution >= 4 is 22.4 Å². The van der Waals surface area contributed by atoms with E-state index in [0.717, 1.165) is 35.1 Å². The summed E-state index contributed by atoms with van der Waals surface area (Å²) in [6.07, 6.45) is 2.82. The lowest BCUT2D eigenvalue weighted by atomic mass is 10.1. The Morgan fingerprint density at radius 2 is 2.05 bits per heavy atom. The van der Waals surface area contributed by atoms with Crippen LogP contribution in [0.5, 0.6) is 0 Å². The zero-order chi connectivity index (χ0) is 14.8. The molecule has 0 bridgehead atoms. The molecule has 0 amide bonds. The van der Waals surface area contributed by atoms with Gasteiger partial charge >= 0.3 is 0 Å². The van der Waals surface area contributed by atoms with E-state index in [4.69, 9.17) is 10.9 Å². The van der Waals surface area contributed by atoms with Gasteiger partial charge < -0.3 is 15.8 Å². The first-order valence-electron chi connectivity index (χ1n) is 7.15. The van der Waals surface area contributed by atoms with Crippen molar-refractivity contribution in [2.24, 2.45) is 10.9 Å². The third kappa shape index (κ3) is 2.74. The fourth-order valence-electron chi connectivity index (χ4n) is 2.57. The van der Waals surface area contributed by atoms with E-state index in [1.165, 1.54) is 0 Å². The number of aromatic nitrogens is 2. The Morgan fingerprint density at radius 3 is 2.71 bits per heavy atom. The normalized spacial score (nSPS) is 15.4. The van der Waals surface area contributed by atoms with Gasteiger partial charge in [-0.15, -0.1) is 5.10 Å². The molecule has 6 nitrogen and oxygen atoms in total. The van der Waals surface area contributed by atoms with Crippen LogP contribution in [0.1, 0.15) is 25.0 Å². The summed E-state index contributed by atoms with van der Waals surface area (Å²) in [6, 6.07) is 8.65. The highest BCUT2D eigenvalue weighted by atomic mass is 16.4. The maximum absolute atomic E-state index is 8.70. The zero-order valence-electron chi connectivity index (χ0n) is 12.0. The topological polar surface area (TPSA) is 87.6 Å². The van der Waals surface area contributed by atoms with Crippen LogP contribution in [0.25, 0.3) is 10.8 Å². The summed E-state index contributed by atoms with van der Waals surface area (Å²) in [6.45, 7) is 2.65. The van der Waals surface area contributed by atoms with Gasteiger partial charge in [-0.2, -0.15) is 5.10 Å². The Balaban J connectivity index is 1.98. The Morgan fingerprint density at radius 1 is 1.33 bits per heavy atom. The average molecular weight is 285 g/mol. The molecule has 0 aliphatic heterocycles. The molecule has 1 fully saturated rings. The van der Waals surface area contributed by atoms with Crippen molar-refractivity contribution in [3.63, 3.8) is 0 Å². The summed E-state index contributed by atoms with van der Waals surface area (Å²) in [5, 5.41) is 22.7. The lowest BCUT2D eigenvalue weighted by Gasteiger charge is -2.24. The first-order valence-corrected chi connectivity index (χ1v) is 7.15. The van der Waals surface area contributed by atoms with Gasteiger partial charge in [0.25, 0.3) is 0 Å². The largest absolute Gasteiger partial charge is 0.409 e. The molecule has 3 N–H and O–H groups in total. The number of anilines is 1. The molecule has 1 heterocycles. The SMILES string of the molecule is Cc1nnc(N(CCC(N)=NO)C2CC2)c2ccccc12. The molecule has 21 heavy (non-hydrogen) atoms. The number of fused-ring (bicyclic) bond motifs is 1. The highest BCUT2D eigenvalue weighted by molar-refractivity contribution is 5.93. The zero-order valence-corrected chi connectivity index (χ0v) is 12.0. The van der Waals surface area contributed by atoms with Crippen LogP contribution >= 0.6 is 0 Å². The Labute approximate surface area is 123 Å². The van der Waals surface area contributed by atoms with Crippen LogP contribution in [-0.4, -0.2) is 33.8 Å². The Bertz CT molecular complexity index is 681. The number of hydrogen-bond donors (Lipinski definition) is 2. The molecule has 110 valence electrons. The van der Waals surface area contributed by atoms with Gasteiger partial charge in [0.1, 0.15) is 5.84 Å². The van der Waals surface area contributed by atoms with Crippen molar-refractivity contribution in [2.75, 3.05) is 11.4 Å². The summed E-state index contributed by atoms with van der Waals surface area (Å²) < 4.78 is 0. The van der Waals surface area contributed by atoms with Gasteiger partial charge in [0, 0.05) is 29.8 Å². The standard InChI is InChI=1S/C15H19N5O/c1-10-12-4-2-3-5-13(12)15(18-17-10)20(11-6-7-11)9-8-14(16)19-21/h2-5,11,21H,6-9H2,1H3,(H2,16,19). The van der Waals surface area contributed by atoms with Crippen molar-refractivity contribution in [3.05, 3.63) is 30.0 Å². The van der Waals surface area contributed by atoms with Crippen LogP contribution in [0.4, 0.5) is 5.82 Å². The molecular formula is C15H19N5O. The van der Waals surface area contributed by atoms with Gasteiger partial charge in [-0.1, -0.05) is 29.4 Å². The van der Waals surface area contributed by atoms with Gasteiger partial charge in [-0.3, -0.25) is 0 Å². The molecule has 2 aromatic rings. The quantitative estimate of drug-likeness (QED) is 0.380. The van der Waals surface area contributed by atoms with Gasteiger partial charge in [0.15, 0.2) is 5.82 Å². The number of hydrogen-bond acceptors (Lipinski definition) is 5. The smallest absolute Gasteiger partial charge is 0.159 e. The monoisotopic (exact) mass is 285 g/mol. The number of amidine groups is 1. The summed E-state index contributed by atoms with van der Waals surface area (Å²) in [7, 11) is 0. The minimum Gasteiger partial charge on any atom is -0.409 e. The highest BCUT2D eigenvalue weighted by Gasteiger charge is 2.31. The second kappa shape index (κ2) is 5.55. The van der Waals surface area contributed by atoms with Crippen molar-refractivity contribution in [3.8, 4) is 0 Å². The maximum Gasteiger partial charge on any atom is 0.159 e. The van der Waals surface area contributed by atoms with Gasteiger partial charge in [-0.05, 0) is 19.8 Å². The molecule has 1 aliphatic carbocycles. The second-order valence-electron chi connectivity index (χ2n) is 5.42. The van der Waals surface area contributed by atoms with Crippen LogP contribution in [0.15, 0.2) is 29.4 Å². The van der Waals surface area contributed by atoms with Gasteiger partial charge in [0.05, 0.1) is 5.69 Å². The number of nitrogens with zero attached hydrogens (tertiary/aromatic N) is 4. The number of benzene rings is 1. The first kappa shape index (κ1) is 13.6. The Hall–Kier alpha value is -2.37. The third-order valence-electron chi connectivity index (χ3n) is 3.85. The number of nitrogens with two attached hydrogens (primary N) is 1. The number of aryl methyl sites for hydroxylation is 1.